The van der Waals surface area contributed by atoms with Gasteiger partial charge >= 0.3 is 0 Å². The summed E-state index contributed by atoms with van der Waals surface area (Å²) in [6, 6.07) is 0.657. The largest absolute Gasteiger partial charge is 0.360 e. The van der Waals surface area contributed by atoms with Gasteiger partial charge in [-0.15, -0.1) is 12.4 Å². The molecule has 2 atom stereocenters. The second kappa shape index (κ2) is 5.31. The van der Waals surface area contributed by atoms with Crippen molar-refractivity contribution in [3.63, 3.8) is 0 Å². The Morgan fingerprint density at radius 1 is 1.36 bits per heavy atom. The molecule has 2 aliphatic rings. The van der Waals surface area contributed by atoms with Gasteiger partial charge in [0.15, 0.2) is 0 Å². The Morgan fingerprint density at radius 3 is 2.79 bits per heavy atom. The standard InChI is InChI=1S/C10H20N2O.ClH/c1-10(12-6-7-13-10)8-9-4-2-3-5-11-9;/h9,11-12H,2-8H2,1H3;1H. The van der Waals surface area contributed by atoms with E-state index in [0.717, 1.165) is 19.6 Å². The highest BCUT2D eigenvalue weighted by atomic mass is 35.5. The highest BCUT2D eigenvalue weighted by Gasteiger charge is 2.32. The average molecular weight is 221 g/mol. The lowest BCUT2D eigenvalue weighted by molar-refractivity contribution is -0.0104. The fraction of sp³-hybridized carbons (Fsp3) is 1.00. The molecule has 0 radical (unpaired) electrons. The van der Waals surface area contributed by atoms with Gasteiger partial charge in [0, 0.05) is 19.0 Å². The Kier molecular flexibility index (Phi) is 4.64. The van der Waals surface area contributed by atoms with Gasteiger partial charge in [0.05, 0.1) is 6.61 Å². The van der Waals surface area contributed by atoms with Crippen LogP contribution in [0.2, 0.25) is 0 Å². The highest BCUT2D eigenvalue weighted by Crippen LogP contribution is 2.22. The van der Waals surface area contributed by atoms with Crippen LogP contribution in [0.25, 0.3) is 0 Å². The molecule has 0 amide bonds. The quantitative estimate of drug-likeness (QED) is 0.736. The van der Waals surface area contributed by atoms with E-state index in [2.05, 4.69) is 17.6 Å². The SMILES string of the molecule is CC1(CC2CCCCN2)NCCO1.Cl. The van der Waals surface area contributed by atoms with Crippen LogP contribution in [0.5, 0.6) is 0 Å². The van der Waals surface area contributed by atoms with E-state index in [1.165, 1.54) is 25.8 Å². The van der Waals surface area contributed by atoms with Crippen molar-refractivity contribution in [2.75, 3.05) is 19.7 Å². The first kappa shape index (κ1) is 12.2. The molecule has 2 heterocycles. The Balaban J connectivity index is 0.000000980. The third kappa shape index (κ3) is 3.09. The van der Waals surface area contributed by atoms with Crippen molar-refractivity contribution < 1.29 is 4.74 Å². The van der Waals surface area contributed by atoms with Crippen LogP contribution in [0.4, 0.5) is 0 Å². The molecule has 0 aromatic rings. The number of nitrogens with one attached hydrogen (secondary N) is 2. The van der Waals surface area contributed by atoms with Gasteiger partial charge in [0.25, 0.3) is 0 Å². The molecule has 2 fully saturated rings. The summed E-state index contributed by atoms with van der Waals surface area (Å²) in [6.07, 6.45) is 5.11. The number of piperidine rings is 1. The van der Waals surface area contributed by atoms with Gasteiger partial charge in [0.1, 0.15) is 5.72 Å². The van der Waals surface area contributed by atoms with Crippen LogP contribution in [0.15, 0.2) is 0 Å². The summed E-state index contributed by atoms with van der Waals surface area (Å²) < 4.78 is 5.69. The molecule has 2 unspecified atom stereocenters. The van der Waals surface area contributed by atoms with Crippen molar-refractivity contribution in [2.24, 2.45) is 0 Å². The van der Waals surface area contributed by atoms with Gasteiger partial charge in [-0.25, -0.2) is 0 Å². The van der Waals surface area contributed by atoms with Crippen LogP contribution in [-0.2, 0) is 4.74 Å². The summed E-state index contributed by atoms with van der Waals surface area (Å²) in [4.78, 5) is 0. The predicted molar refractivity (Wildman–Crippen MR) is 59.9 cm³/mol. The zero-order chi connectivity index (χ0) is 9.15. The molecule has 84 valence electrons. The van der Waals surface area contributed by atoms with E-state index in [1.54, 1.807) is 0 Å². The van der Waals surface area contributed by atoms with E-state index < -0.39 is 0 Å². The van der Waals surface area contributed by atoms with Gasteiger partial charge in [-0.1, -0.05) is 6.42 Å². The molecular formula is C10H21ClN2O. The minimum absolute atomic E-state index is 0. The normalized spacial score (nSPS) is 37.9. The van der Waals surface area contributed by atoms with E-state index in [1.807, 2.05) is 0 Å². The Bertz CT molecular complexity index is 166. The number of rotatable bonds is 2. The molecule has 0 aromatic carbocycles. The van der Waals surface area contributed by atoms with Crippen molar-refractivity contribution in [1.82, 2.24) is 10.6 Å². The lowest BCUT2D eigenvalue weighted by Gasteiger charge is -2.31. The summed E-state index contributed by atoms with van der Waals surface area (Å²) in [7, 11) is 0. The highest BCUT2D eigenvalue weighted by molar-refractivity contribution is 5.85. The second-order valence-corrected chi connectivity index (χ2v) is 4.36. The Labute approximate surface area is 92.4 Å². The van der Waals surface area contributed by atoms with Gasteiger partial charge in [-0.2, -0.15) is 0 Å². The lowest BCUT2D eigenvalue weighted by atomic mass is 9.97. The van der Waals surface area contributed by atoms with E-state index in [0.29, 0.717) is 6.04 Å². The predicted octanol–water partition coefficient (Wildman–Crippen LogP) is 1.28. The van der Waals surface area contributed by atoms with E-state index in [4.69, 9.17) is 4.74 Å². The summed E-state index contributed by atoms with van der Waals surface area (Å²) in [5.41, 5.74) is -0.0605. The van der Waals surface area contributed by atoms with Crippen LogP contribution >= 0.6 is 12.4 Å². The third-order valence-electron chi connectivity index (χ3n) is 3.07. The number of ether oxygens (including phenoxy) is 1. The summed E-state index contributed by atoms with van der Waals surface area (Å²) in [5.74, 6) is 0. The van der Waals surface area contributed by atoms with E-state index >= 15 is 0 Å². The van der Waals surface area contributed by atoms with Crippen molar-refractivity contribution in [3.8, 4) is 0 Å². The van der Waals surface area contributed by atoms with Gasteiger partial charge in [0.2, 0.25) is 0 Å². The van der Waals surface area contributed by atoms with Crippen molar-refractivity contribution in [2.45, 2.75) is 44.4 Å². The summed E-state index contributed by atoms with van der Waals surface area (Å²) >= 11 is 0. The monoisotopic (exact) mass is 220 g/mol. The van der Waals surface area contributed by atoms with Crippen molar-refractivity contribution in [3.05, 3.63) is 0 Å². The molecule has 0 aliphatic carbocycles. The van der Waals surface area contributed by atoms with Crippen LogP contribution in [-0.4, -0.2) is 31.5 Å². The third-order valence-corrected chi connectivity index (χ3v) is 3.07. The van der Waals surface area contributed by atoms with Gasteiger partial charge in [-0.05, 0) is 26.3 Å². The molecule has 2 aliphatic heterocycles. The molecule has 0 saturated carbocycles. The maximum atomic E-state index is 5.69. The average Bonchev–Trinajstić information content (AvgIpc) is 2.54. The van der Waals surface area contributed by atoms with Crippen LogP contribution in [0.1, 0.15) is 32.6 Å². The molecule has 3 nitrogen and oxygen atoms in total. The Morgan fingerprint density at radius 2 is 2.21 bits per heavy atom. The molecular weight excluding hydrogens is 200 g/mol. The van der Waals surface area contributed by atoms with E-state index in [9.17, 15) is 0 Å². The van der Waals surface area contributed by atoms with Gasteiger partial charge in [-0.3, -0.25) is 5.32 Å². The molecule has 0 bridgehead atoms. The molecule has 2 N–H and O–H groups in total. The van der Waals surface area contributed by atoms with Crippen LogP contribution in [0.3, 0.4) is 0 Å². The first-order valence-corrected chi connectivity index (χ1v) is 5.41. The van der Waals surface area contributed by atoms with Crippen molar-refractivity contribution >= 4 is 12.4 Å². The summed E-state index contributed by atoms with van der Waals surface area (Å²) in [5, 5.41) is 6.97. The minimum atomic E-state index is -0.0605. The second-order valence-electron chi connectivity index (χ2n) is 4.36. The fourth-order valence-electron chi connectivity index (χ4n) is 2.34. The fourth-order valence-corrected chi connectivity index (χ4v) is 2.34. The molecule has 14 heavy (non-hydrogen) atoms. The molecule has 0 spiro atoms. The van der Waals surface area contributed by atoms with Crippen LogP contribution < -0.4 is 10.6 Å². The Hall–Kier alpha value is 0.170. The number of hydrogen-bond donors (Lipinski definition) is 2. The minimum Gasteiger partial charge on any atom is -0.360 e. The first-order valence-electron chi connectivity index (χ1n) is 5.41. The maximum Gasteiger partial charge on any atom is 0.118 e. The van der Waals surface area contributed by atoms with Gasteiger partial charge < -0.3 is 10.1 Å². The number of halogens is 1. The zero-order valence-corrected chi connectivity index (χ0v) is 9.66. The molecule has 2 saturated heterocycles. The lowest BCUT2D eigenvalue weighted by Crippen LogP contribution is -2.46. The number of hydrogen-bond acceptors (Lipinski definition) is 3. The van der Waals surface area contributed by atoms with E-state index in [-0.39, 0.29) is 18.1 Å². The first-order chi connectivity index (χ1) is 6.29. The smallest absolute Gasteiger partial charge is 0.118 e. The topological polar surface area (TPSA) is 33.3 Å². The molecule has 2 rings (SSSR count). The van der Waals surface area contributed by atoms with Crippen LogP contribution in [0, 0.1) is 0 Å². The molecule has 0 aromatic heterocycles. The maximum absolute atomic E-state index is 5.69. The summed E-state index contributed by atoms with van der Waals surface area (Å²) in [6.45, 7) is 5.21. The zero-order valence-electron chi connectivity index (χ0n) is 8.84. The molecule has 4 heteroatoms. The van der Waals surface area contributed by atoms with Crippen molar-refractivity contribution in [1.29, 1.82) is 0 Å².